The van der Waals surface area contributed by atoms with Gasteiger partial charge in [-0.25, -0.2) is 0 Å². The number of hydrogen-bond donors (Lipinski definition) is 1. The Hall–Kier alpha value is -3.19. The highest BCUT2D eigenvalue weighted by Gasteiger charge is 2.31. The van der Waals surface area contributed by atoms with Gasteiger partial charge in [-0.05, 0) is 49.6 Å². The van der Waals surface area contributed by atoms with Crippen LogP contribution in [0.1, 0.15) is 43.0 Å². The van der Waals surface area contributed by atoms with Crippen molar-refractivity contribution in [3.63, 3.8) is 0 Å². The van der Waals surface area contributed by atoms with Gasteiger partial charge in [-0.3, -0.25) is 9.69 Å². The van der Waals surface area contributed by atoms with Gasteiger partial charge in [-0.15, -0.1) is 10.2 Å². The lowest BCUT2D eigenvalue weighted by Gasteiger charge is -2.22. The fourth-order valence-corrected chi connectivity index (χ4v) is 4.49. The molecule has 3 aromatic rings. The maximum atomic E-state index is 12.2. The minimum Gasteiger partial charge on any atom is -0.346 e. The summed E-state index contributed by atoms with van der Waals surface area (Å²) in [5, 5.41) is 12.0. The zero-order valence-electron chi connectivity index (χ0n) is 19.4. The highest BCUT2D eigenvalue weighted by molar-refractivity contribution is 5.81. The van der Waals surface area contributed by atoms with Crippen LogP contribution >= 0.6 is 0 Å². The first-order valence-corrected chi connectivity index (χ1v) is 11.9. The molecule has 0 bridgehead atoms. The zero-order chi connectivity index (χ0) is 22.8. The number of nitrogens with zero attached hydrogens (tertiary/aromatic N) is 5. The van der Waals surface area contributed by atoms with E-state index in [0.29, 0.717) is 0 Å². The standard InChI is InChI=1S/C26H32N6O/c1-19(27-26(33)21-10-11-21)25-29-28-24-14-15-31(16-17-32(24)25)18-20-8-12-23(13-9-20)30(2)22-6-4-3-5-7-22/h3-9,12-13,19,21H,10-11,14-18H2,1-2H3,(H,27,33). The number of amides is 1. The van der Waals surface area contributed by atoms with Crippen LogP contribution < -0.4 is 10.2 Å². The number of benzene rings is 2. The van der Waals surface area contributed by atoms with E-state index in [9.17, 15) is 4.79 Å². The molecule has 7 heteroatoms. The minimum absolute atomic E-state index is 0.111. The average molecular weight is 445 g/mol. The lowest BCUT2D eigenvalue weighted by atomic mass is 10.1. The van der Waals surface area contributed by atoms with Crippen molar-refractivity contribution < 1.29 is 4.79 Å². The van der Waals surface area contributed by atoms with E-state index in [2.05, 4.69) is 85.5 Å². The molecule has 1 fully saturated rings. The number of carbonyl (C=O) groups is 1. The highest BCUT2D eigenvalue weighted by Crippen LogP contribution is 2.30. The Morgan fingerprint density at radius 1 is 1.03 bits per heavy atom. The van der Waals surface area contributed by atoms with Gasteiger partial charge in [-0.2, -0.15) is 0 Å². The number of aromatic nitrogens is 3. The van der Waals surface area contributed by atoms with Crippen molar-refractivity contribution in [1.82, 2.24) is 25.0 Å². The molecule has 0 saturated heterocycles. The van der Waals surface area contributed by atoms with Gasteiger partial charge in [0.05, 0.1) is 6.04 Å². The molecule has 0 spiro atoms. The number of nitrogens with one attached hydrogen (secondary N) is 1. The Balaban J connectivity index is 1.19. The van der Waals surface area contributed by atoms with E-state index in [0.717, 1.165) is 57.1 Å². The largest absolute Gasteiger partial charge is 0.346 e. The van der Waals surface area contributed by atoms with E-state index in [1.165, 1.54) is 16.9 Å². The maximum Gasteiger partial charge on any atom is 0.223 e. The molecule has 5 rings (SSSR count). The molecular formula is C26H32N6O. The van der Waals surface area contributed by atoms with Gasteiger partial charge in [0, 0.05) is 56.9 Å². The molecule has 7 nitrogen and oxygen atoms in total. The first-order chi connectivity index (χ1) is 16.1. The third-order valence-electron chi connectivity index (χ3n) is 6.71. The smallest absolute Gasteiger partial charge is 0.223 e. The summed E-state index contributed by atoms with van der Waals surface area (Å²) in [6, 6.07) is 19.1. The average Bonchev–Trinajstić information content (AvgIpc) is 3.64. The summed E-state index contributed by atoms with van der Waals surface area (Å²) in [5.74, 6) is 2.23. The SMILES string of the molecule is CC(NC(=O)C1CC1)c1nnc2n1CCN(Cc1ccc(N(C)c3ccccc3)cc1)CC2. The van der Waals surface area contributed by atoms with Crippen LogP contribution in [0.25, 0.3) is 0 Å². The number of anilines is 2. The molecule has 1 atom stereocenters. The number of para-hydroxylation sites is 1. The second kappa shape index (κ2) is 9.35. The summed E-state index contributed by atoms with van der Waals surface area (Å²) in [4.78, 5) is 16.8. The molecule has 2 aromatic carbocycles. The van der Waals surface area contributed by atoms with Crippen molar-refractivity contribution in [2.75, 3.05) is 25.0 Å². The number of fused-ring (bicyclic) bond motifs is 1. The predicted molar refractivity (Wildman–Crippen MR) is 129 cm³/mol. The van der Waals surface area contributed by atoms with Crippen LogP contribution in [0.2, 0.25) is 0 Å². The monoisotopic (exact) mass is 444 g/mol. The van der Waals surface area contributed by atoms with Crippen molar-refractivity contribution in [3.8, 4) is 0 Å². The van der Waals surface area contributed by atoms with E-state index in [1.807, 2.05) is 13.0 Å². The Kier molecular flexibility index (Phi) is 6.13. The number of rotatable bonds is 7. The lowest BCUT2D eigenvalue weighted by Crippen LogP contribution is -2.31. The van der Waals surface area contributed by atoms with Crippen LogP contribution in [-0.2, 0) is 24.3 Å². The van der Waals surface area contributed by atoms with Gasteiger partial charge in [-0.1, -0.05) is 30.3 Å². The van der Waals surface area contributed by atoms with Gasteiger partial charge in [0.1, 0.15) is 5.82 Å². The normalized spacial score (nSPS) is 17.2. The van der Waals surface area contributed by atoms with E-state index in [4.69, 9.17) is 0 Å². The summed E-state index contributed by atoms with van der Waals surface area (Å²) < 4.78 is 2.20. The number of carbonyl (C=O) groups excluding carboxylic acids is 1. The van der Waals surface area contributed by atoms with Crippen LogP contribution in [0.4, 0.5) is 11.4 Å². The van der Waals surface area contributed by atoms with Crippen LogP contribution in [0.5, 0.6) is 0 Å². The highest BCUT2D eigenvalue weighted by atomic mass is 16.2. The van der Waals surface area contributed by atoms with Crippen molar-refractivity contribution in [2.24, 2.45) is 5.92 Å². The second-order valence-corrected chi connectivity index (χ2v) is 9.22. The topological polar surface area (TPSA) is 66.3 Å². The predicted octanol–water partition coefficient (Wildman–Crippen LogP) is 3.69. The second-order valence-electron chi connectivity index (χ2n) is 9.22. The van der Waals surface area contributed by atoms with Crippen molar-refractivity contribution in [3.05, 3.63) is 71.8 Å². The van der Waals surface area contributed by atoms with Crippen LogP contribution in [0.3, 0.4) is 0 Å². The van der Waals surface area contributed by atoms with Crippen molar-refractivity contribution in [2.45, 2.75) is 45.3 Å². The molecule has 2 heterocycles. The fourth-order valence-electron chi connectivity index (χ4n) is 4.49. The third-order valence-corrected chi connectivity index (χ3v) is 6.71. The molecule has 1 N–H and O–H groups in total. The summed E-state index contributed by atoms with van der Waals surface area (Å²) >= 11 is 0. The minimum atomic E-state index is -0.111. The molecule has 1 amide bonds. The first kappa shape index (κ1) is 21.6. The molecule has 2 aliphatic rings. The van der Waals surface area contributed by atoms with Crippen LogP contribution in [0, 0.1) is 5.92 Å². The summed E-state index contributed by atoms with van der Waals surface area (Å²) in [6.07, 6.45) is 2.88. The van der Waals surface area contributed by atoms with Gasteiger partial charge >= 0.3 is 0 Å². The lowest BCUT2D eigenvalue weighted by molar-refractivity contribution is -0.123. The number of hydrogen-bond acceptors (Lipinski definition) is 5. The van der Waals surface area contributed by atoms with Crippen molar-refractivity contribution >= 4 is 17.3 Å². The van der Waals surface area contributed by atoms with E-state index in [1.54, 1.807) is 0 Å². The van der Waals surface area contributed by atoms with Gasteiger partial charge < -0.3 is 14.8 Å². The Bertz CT molecular complexity index is 1090. The maximum absolute atomic E-state index is 12.2. The van der Waals surface area contributed by atoms with Gasteiger partial charge in [0.2, 0.25) is 5.91 Å². The van der Waals surface area contributed by atoms with Crippen molar-refractivity contribution in [1.29, 1.82) is 0 Å². The fraction of sp³-hybridized carbons (Fsp3) is 0.423. The summed E-state index contributed by atoms with van der Waals surface area (Å²) in [7, 11) is 2.10. The molecule has 1 unspecified atom stereocenters. The van der Waals surface area contributed by atoms with E-state index >= 15 is 0 Å². The van der Waals surface area contributed by atoms with Gasteiger partial charge in [0.15, 0.2) is 5.82 Å². The first-order valence-electron chi connectivity index (χ1n) is 11.9. The molecule has 172 valence electrons. The zero-order valence-corrected chi connectivity index (χ0v) is 19.4. The van der Waals surface area contributed by atoms with E-state index in [-0.39, 0.29) is 17.9 Å². The molecule has 1 aromatic heterocycles. The summed E-state index contributed by atoms with van der Waals surface area (Å²) in [6.45, 7) is 5.65. The molecule has 1 aliphatic heterocycles. The quantitative estimate of drug-likeness (QED) is 0.602. The third kappa shape index (κ3) is 4.93. The molecular weight excluding hydrogens is 412 g/mol. The van der Waals surface area contributed by atoms with Gasteiger partial charge in [0.25, 0.3) is 0 Å². The van der Waals surface area contributed by atoms with Crippen LogP contribution in [0.15, 0.2) is 54.6 Å². The Morgan fingerprint density at radius 2 is 1.76 bits per heavy atom. The Morgan fingerprint density at radius 3 is 2.48 bits per heavy atom. The molecule has 33 heavy (non-hydrogen) atoms. The summed E-state index contributed by atoms with van der Waals surface area (Å²) in [5.41, 5.74) is 3.67. The molecule has 0 radical (unpaired) electrons. The van der Waals surface area contributed by atoms with E-state index < -0.39 is 0 Å². The molecule has 1 saturated carbocycles. The van der Waals surface area contributed by atoms with Crippen LogP contribution in [-0.4, -0.2) is 45.7 Å². The molecule has 1 aliphatic carbocycles. The Labute approximate surface area is 195 Å².